The highest BCUT2D eigenvalue weighted by Crippen LogP contribution is 2.35. The van der Waals surface area contributed by atoms with Crippen LogP contribution in [-0.4, -0.2) is 13.4 Å². The Morgan fingerprint density at radius 1 is 1.31 bits per heavy atom. The van der Waals surface area contributed by atoms with Gasteiger partial charge in [-0.1, -0.05) is 0 Å². The molecule has 0 amide bonds. The third-order valence-electron chi connectivity index (χ3n) is 2.25. The van der Waals surface area contributed by atoms with Crippen molar-refractivity contribution >= 4 is 39.0 Å². The van der Waals surface area contributed by atoms with Crippen LogP contribution in [0.25, 0.3) is 10.4 Å². The second-order valence-electron chi connectivity index (χ2n) is 3.20. The highest BCUT2D eigenvalue weighted by Gasteiger charge is 2.05. The predicted octanol–water partition coefficient (Wildman–Crippen LogP) is 4.91. The molecule has 0 radical (unpaired) electrons. The van der Waals surface area contributed by atoms with Crippen LogP contribution in [0.15, 0.2) is 39.0 Å². The van der Waals surface area contributed by atoms with Gasteiger partial charge in [0.15, 0.2) is 0 Å². The Labute approximate surface area is 112 Å². The van der Waals surface area contributed by atoms with Gasteiger partial charge < -0.3 is 4.74 Å². The summed E-state index contributed by atoms with van der Waals surface area (Å²) in [6, 6.07) is 8.37. The second-order valence-corrected chi connectivity index (χ2v) is 5.85. The van der Waals surface area contributed by atoms with Crippen molar-refractivity contribution in [1.82, 2.24) is 0 Å². The molecule has 0 aliphatic heterocycles. The van der Waals surface area contributed by atoms with Gasteiger partial charge >= 0.3 is 0 Å². The van der Waals surface area contributed by atoms with E-state index in [-0.39, 0.29) is 0 Å². The van der Waals surface area contributed by atoms with E-state index in [1.54, 1.807) is 30.2 Å². The van der Waals surface area contributed by atoms with Crippen LogP contribution in [-0.2, 0) is 0 Å². The highest BCUT2D eigenvalue weighted by molar-refractivity contribution is 9.10. The first-order valence-corrected chi connectivity index (χ1v) is 7.61. The van der Waals surface area contributed by atoms with Crippen molar-refractivity contribution in [1.29, 1.82) is 0 Å². The zero-order valence-corrected chi connectivity index (χ0v) is 12.2. The monoisotopic (exact) mass is 314 g/mol. The SMILES string of the molecule is COc1ccc(-c2cc(SC)cs2)cc1Br. The van der Waals surface area contributed by atoms with Crippen molar-refractivity contribution in [2.75, 3.05) is 13.4 Å². The largest absolute Gasteiger partial charge is 0.496 e. The van der Waals surface area contributed by atoms with Crippen LogP contribution in [0.2, 0.25) is 0 Å². The number of hydrogen-bond acceptors (Lipinski definition) is 3. The molecular formula is C12H11BrOS2. The highest BCUT2D eigenvalue weighted by atomic mass is 79.9. The van der Waals surface area contributed by atoms with Crippen molar-refractivity contribution in [2.45, 2.75) is 4.90 Å². The predicted molar refractivity (Wildman–Crippen MR) is 75.8 cm³/mol. The number of benzene rings is 1. The van der Waals surface area contributed by atoms with Gasteiger partial charge in [0.2, 0.25) is 0 Å². The summed E-state index contributed by atoms with van der Waals surface area (Å²) < 4.78 is 6.21. The van der Waals surface area contributed by atoms with Crippen LogP contribution >= 0.6 is 39.0 Å². The fourth-order valence-corrected chi connectivity index (χ4v) is 3.55. The summed E-state index contributed by atoms with van der Waals surface area (Å²) in [4.78, 5) is 2.60. The number of halogens is 1. The first-order chi connectivity index (χ1) is 7.74. The number of thiophene rings is 1. The van der Waals surface area contributed by atoms with Crippen molar-refractivity contribution in [3.05, 3.63) is 34.1 Å². The van der Waals surface area contributed by atoms with Gasteiger partial charge in [-0.05, 0) is 52.0 Å². The quantitative estimate of drug-likeness (QED) is 0.744. The molecule has 0 saturated carbocycles. The topological polar surface area (TPSA) is 9.23 Å². The lowest BCUT2D eigenvalue weighted by Gasteiger charge is -2.04. The maximum absolute atomic E-state index is 5.21. The molecule has 1 nitrogen and oxygen atoms in total. The Bertz CT molecular complexity index is 494. The van der Waals surface area contributed by atoms with Crippen LogP contribution in [0.1, 0.15) is 0 Å². The van der Waals surface area contributed by atoms with Gasteiger partial charge in [0.1, 0.15) is 5.75 Å². The van der Waals surface area contributed by atoms with Crippen LogP contribution in [0.3, 0.4) is 0 Å². The fourth-order valence-electron chi connectivity index (χ4n) is 1.40. The Hall–Kier alpha value is -0.450. The van der Waals surface area contributed by atoms with E-state index >= 15 is 0 Å². The maximum Gasteiger partial charge on any atom is 0.133 e. The third-order valence-corrected chi connectivity index (χ3v) is 4.70. The number of ether oxygens (including phenoxy) is 1. The van der Waals surface area contributed by atoms with E-state index in [0.29, 0.717) is 0 Å². The zero-order chi connectivity index (χ0) is 11.5. The Morgan fingerprint density at radius 2 is 2.12 bits per heavy atom. The summed E-state index contributed by atoms with van der Waals surface area (Å²) in [5.74, 6) is 0.866. The Kier molecular flexibility index (Phi) is 3.95. The molecule has 0 saturated heterocycles. The van der Waals surface area contributed by atoms with Crippen LogP contribution < -0.4 is 4.74 Å². The summed E-state index contributed by atoms with van der Waals surface area (Å²) in [5, 5.41) is 2.18. The molecule has 0 N–H and O–H groups in total. The first kappa shape index (κ1) is 12.0. The van der Waals surface area contributed by atoms with Gasteiger partial charge in [0, 0.05) is 15.2 Å². The number of methoxy groups -OCH3 is 1. The van der Waals surface area contributed by atoms with Crippen molar-refractivity contribution < 1.29 is 4.74 Å². The summed E-state index contributed by atoms with van der Waals surface area (Å²) in [6.45, 7) is 0. The molecular weight excluding hydrogens is 304 g/mol. The molecule has 0 bridgehead atoms. The minimum absolute atomic E-state index is 0.866. The van der Waals surface area contributed by atoms with Gasteiger partial charge in [0.25, 0.3) is 0 Å². The van der Waals surface area contributed by atoms with Crippen LogP contribution in [0.5, 0.6) is 5.75 Å². The van der Waals surface area contributed by atoms with Crippen molar-refractivity contribution in [3.63, 3.8) is 0 Å². The molecule has 1 heterocycles. The van der Waals surface area contributed by atoms with E-state index in [1.807, 2.05) is 6.07 Å². The molecule has 0 atom stereocenters. The smallest absolute Gasteiger partial charge is 0.133 e. The summed E-state index contributed by atoms with van der Waals surface area (Å²) in [6.07, 6.45) is 2.09. The molecule has 0 unspecified atom stereocenters. The summed E-state index contributed by atoms with van der Waals surface area (Å²) >= 11 is 7.04. The van der Waals surface area contributed by atoms with E-state index < -0.39 is 0 Å². The van der Waals surface area contributed by atoms with Gasteiger partial charge in [0.05, 0.1) is 11.6 Å². The molecule has 2 rings (SSSR count). The minimum Gasteiger partial charge on any atom is -0.496 e. The maximum atomic E-state index is 5.21. The Balaban J connectivity index is 2.37. The molecule has 84 valence electrons. The van der Waals surface area contributed by atoms with E-state index in [4.69, 9.17) is 4.74 Å². The molecule has 0 spiro atoms. The molecule has 4 heteroatoms. The molecule has 16 heavy (non-hydrogen) atoms. The van der Waals surface area contributed by atoms with Gasteiger partial charge in [-0.3, -0.25) is 0 Å². The average Bonchev–Trinajstić information content (AvgIpc) is 2.77. The lowest BCUT2D eigenvalue weighted by molar-refractivity contribution is 0.412. The number of rotatable bonds is 3. The van der Waals surface area contributed by atoms with E-state index in [1.165, 1.54) is 15.3 Å². The molecule has 0 aliphatic carbocycles. The lowest BCUT2D eigenvalue weighted by Crippen LogP contribution is -1.84. The lowest BCUT2D eigenvalue weighted by atomic mass is 10.2. The molecule has 2 aromatic rings. The van der Waals surface area contributed by atoms with E-state index in [9.17, 15) is 0 Å². The van der Waals surface area contributed by atoms with Gasteiger partial charge in [-0.15, -0.1) is 23.1 Å². The molecule has 0 fully saturated rings. The third kappa shape index (κ3) is 2.44. The zero-order valence-electron chi connectivity index (χ0n) is 8.99. The minimum atomic E-state index is 0.866. The normalized spacial score (nSPS) is 10.4. The molecule has 1 aromatic heterocycles. The number of hydrogen-bond donors (Lipinski definition) is 0. The van der Waals surface area contributed by atoms with Gasteiger partial charge in [-0.2, -0.15) is 0 Å². The van der Waals surface area contributed by atoms with E-state index in [0.717, 1.165) is 10.2 Å². The van der Waals surface area contributed by atoms with Crippen molar-refractivity contribution in [3.8, 4) is 16.2 Å². The molecule has 1 aromatic carbocycles. The van der Waals surface area contributed by atoms with Crippen LogP contribution in [0.4, 0.5) is 0 Å². The first-order valence-electron chi connectivity index (χ1n) is 4.71. The number of thioether (sulfide) groups is 1. The summed E-state index contributed by atoms with van der Waals surface area (Å²) in [7, 11) is 1.68. The van der Waals surface area contributed by atoms with Gasteiger partial charge in [-0.25, -0.2) is 0 Å². The standard InChI is InChI=1S/C12H11BrOS2/c1-14-11-4-3-8(5-10(11)13)12-6-9(15-2)7-16-12/h3-7H,1-2H3. The molecule has 0 aliphatic rings. The average molecular weight is 315 g/mol. The summed E-state index contributed by atoms with van der Waals surface area (Å²) in [5.41, 5.74) is 1.22. The Morgan fingerprint density at radius 3 is 2.69 bits per heavy atom. The van der Waals surface area contributed by atoms with E-state index in [2.05, 4.69) is 45.8 Å². The second kappa shape index (κ2) is 5.25. The fraction of sp³-hybridized carbons (Fsp3) is 0.167. The van der Waals surface area contributed by atoms with Crippen LogP contribution in [0, 0.1) is 0 Å². The van der Waals surface area contributed by atoms with Crippen molar-refractivity contribution in [2.24, 2.45) is 0 Å².